The van der Waals surface area contributed by atoms with E-state index >= 15 is 0 Å². The van der Waals surface area contributed by atoms with Gasteiger partial charge in [0.05, 0.1) is 23.2 Å². The van der Waals surface area contributed by atoms with Crippen molar-refractivity contribution in [2.45, 2.75) is 12.5 Å². The van der Waals surface area contributed by atoms with E-state index in [0.717, 1.165) is 39.9 Å². The summed E-state index contributed by atoms with van der Waals surface area (Å²) in [6, 6.07) is 50.9. The van der Waals surface area contributed by atoms with Gasteiger partial charge in [-0.2, -0.15) is 24.6 Å². The molecule has 4 nitrogen and oxygen atoms in total. The van der Waals surface area contributed by atoms with Crippen molar-refractivity contribution < 1.29 is 22.3 Å². The van der Waals surface area contributed by atoms with Crippen molar-refractivity contribution in [1.29, 1.82) is 0 Å². The van der Waals surface area contributed by atoms with Crippen LogP contribution in [0.4, 0.5) is 0 Å². The second-order valence-corrected chi connectivity index (χ2v) is 9.44. The number of nitrogens with zero attached hydrogens (tertiary/aromatic N) is 2. The van der Waals surface area contributed by atoms with Gasteiger partial charge in [0.1, 0.15) is 5.69 Å². The van der Waals surface area contributed by atoms with Crippen LogP contribution in [0, 0.1) is 6.92 Å². The van der Waals surface area contributed by atoms with Crippen molar-refractivity contribution in [2.24, 2.45) is 0 Å². The van der Waals surface area contributed by atoms with Crippen molar-refractivity contribution in [3.8, 4) is 22.5 Å². The Kier molecular flexibility index (Phi) is 16.2. The summed E-state index contributed by atoms with van der Waals surface area (Å²) in [5, 5.41) is 10.4. The van der Waals surface area contributed by atoms with Gasteiger partial charge in [-0.3, -0.25) is 9.78 Å². The molecule has 0 spiro atoms. The van der Waals surface area contributed by atoms with Gasteiger partial charge in [-0.05, 0) is 29.8 Å². The van der Waals surface area contributed by atoms with Crippen molar-refractivity contribution >= 4 is 29.3 Å². The van der Waals surface area contributed by atoms with E-state index in [2.05, 4.69) is 16.9 Å². The van der Waals surface area contributed by atoms with E-state index in [1.165, 1.54) is 0 Å². The van der Waals surface area contributed by atoms with Gasteiger partial charge in [0.15, 0.2) is 6.29 Å². The number of halogens is 1. The largest absolute Gasteiger partial charge is 2.00 e. The van der Waals surface area contributed by atoms with Gasteiger partial charge < -0.3 is 17.5 Å². The Balaban J connectivity index is 0.000000253. The topological polar surface area (TPSA) is 63.1 Å². The number of pyridine rings is 2. The Bertz CT molecular complexity index is 1640. The first-order valence-electron chi connectivity index (χ1n) is 13.7. The fraction of sp³-hybridized carbons (Fsp3) is 0.0526. The molecule has 6 heteroatoms. The smallest absolute Gasteiger partial charge is 1.00 e. The van der Waals surface area contributed by atoms with Crippen LogP contribution in [0.1, 0.15) is 33.4 Å². The minimum absolute atomic E-state index is 0. The van der Waals surface area contributed by atoms with Gasteiger partial charge in [0.25, 0.3) is 0 Å². The van der Waals surface area contributed by atoms with Crippen LogP contribution in [-0.4, -0.2) is 44.4 Å². The number of aliphatic hydroxyl groups excluding tert-OH is 1. The van der Waals surface area contributed by atoms with Crippen molar-refractivity contribution in [1.82, 2.24) is 9.97 Å². The van der Waals surface area contributed by atoms with Crippen LogP contribution in [0.3, 0.4) is 0 Å². The van der Waals surface area contributed by atoms with Gasteiger partial charge in [0, 0.05) is 17.5 Å². The Morgan fingerprint density at radius 1 is 0.591 bits per heavy atom. The van der Waals surface area contributed by atoms with Crippen molar-refractivity contribution in [3.05, 3.63) is 187 Å². The molecule has 44 heavy (non-hydrogen) atoms. The first-order chi connectivity index (χ1) is 20.6. The molecular weight excluding hydrogens is 576 g/mol. The quantitative estimate of drug-likeness (QED) is 0.163. The summed E-state index contributed by atoms with van der Waals surface area (Å²) in [4.78, 5) is 19.3. The summed E-state index contributed by atoms with van der Waals surface area (Å²) >= 11 is 0. The molecule has 0 bridgehead atoms. The van der Waals surface area contributed by atoms with Crippen LogP contribution in [0.5, 0.6) is 0 Å². The van der Waals surface area contributed by atoms with Gasteiger partial charge in [-0.15, -0.1) is 12.1 Å². The molecule has 216 valence electrons. The molecule has 1 unspecified atom stereocenters. The Morgan fingerprint density at radius 2 is 1.05 bits per heavy atom. The molecule has 0 radical (unpaired) electrons. The number of aldehydes is 1. The monoisotopic (exact) mass is 608 g/mol. The number of aromatic nitrogens is 2. The third-order valence-corrected chi connectivity index (χ3v) is 6.26. The van der Waals surface area contributed by atoms with Crippen molar-refractivity contribution in [3.63, 3.8) is 0 Å². The maximum atomic E-state index is 10.5. The molecule has 6 rings (SSSR count). The van der Waals surface area contributed by atoms with Crippen LogP contribution < -0.4 is 12.4 Å². The maximum absolute atomic E-state index is 10.5. The van der Waals surface area contributed by atoms with Crippen LogP contribution >= 0.6 is 0 Å². The van der Waals surface area contributed by atoms with Crippen LogP contribution in [-0.2, 0) is 6.42 Å². The minimum Gasteiger partial charge on any atom is -1.00 e. The van der Waals surface area contributed by atoms with Gasteiger partial charge >= 0.3 is 23.1 Å². The predicted molar refractivity (Wildman–Crippen MR) is 176 cm³/mol. The second kappa shape index (κ2) is 19.8. The van der Waals surface area contributed by atoms with E-state index < -0.39 is 6.10 Å². The van der Waals surface area contributed by atoms with Crippen LogP contribution in [0.2, 0.25) is 0 Å². The number of carbonyl (C=O) groups is 1. The zero-order chi connectivity index (χ0) is 29.4. The van der Waals surface area contributed by atoms with Crippen LogP contribution in [0.25, 0.3) is 22.5 Å². The summed E-state index contributed by atoms with van der Waals surface area (Å²) < 4.78 is 0. The molecule has 2 aromatic heterocycles. The summed E-state index contributed by atoms with van der Waals surface area (Å²) in [6.07, 6.45) is 0.745. The molecule has 0 aliphatic rings. The molecule has 6 aromatic rings. The number of rotatable bonds is 6. The SMILES string of the molecule is O=Cc1cccc(-c2ccccc2)n1.OC(Cc1ccccc1)c1cccc(-c2ccccc2)n1.[CH2-]c1ccccc1.[Cl-].[Mg+2]. The fourth-order valence-electron chi connectivity index (χ4n) is 4.11. The first-order valence-corrected chi connectivity index (χ1v) is 13.7. The minimum atomic E-state index is -0.587. The third kappa shape index (κ3) is 11.8. The normalized spacial score (nSPS) is 10.2. The van der Waals surface area contributed by atoms with E-state index in [-0.39, 0.29) is 35.5 Å². The van der Waals surface area contributed by atoms with Gasteiger partial charge in [-0.1, -0.05) is 109 Å². The second-order valence-electron chi connectivity index (χ2n) is 9.44. The Hall–Kier alpha value is -4.26. The zero-order valence-electron chi connectivity index (χ0n) is 24.4. The number of carbonyl (C=O) groups excluding carboxylic acids is 1. The summed E-state index contributed by atoms with van der Waals surface area (Å²) in [5.74, 6) is 0. The number of aliphatic hydroxyl groups is 1. The molecule has 0 aliphatic carbocycles. The molecule has 4 aromatic carbocycles. The average Bonchev–Trinajstić information content (AvgIpc) is 3.07. The number of benzene rings is 4. The Labute approximate surface area is 282 Å². The number of hydrogen-bond acceptors (Lipinski definition) is 4. The molecule has 0 amide bonds. The average molecular weight is 609 g/mol. The van der Waals surface area contributed by atoms with E-state index in [9.17, 15) is 9.90 Å². The van der Waals surface area contributed by atoms with E-state index in [1.54, 1.807) is 6.07 Å². The van der Waals surface area contributed by atoms with E-state index in [4.69, 9.17) is 0 Å². The standard InChI is InChI=1S/C19H17NO.C12H9NO.C7H7.ClH.Mg/c21-19(14-15-8-3-1-4-9-15)18-13-7-12-17(20-18)16-10-5-2-6-11-16;14-9-11-7-4-8-12(13-11)10-5-2-1-3-6-10;1-7-5-3-2-4-6-7;;/h1-13,19,21H,14H2;1-9H;2-6H,1H2;1H;/q;;-1;;+2/p-1. The Morgan fingerprint density at radius 3 is 1.52 bits per heavy atom. The fourth-order valence-corrected chi connectivity index (χ4v) is 4.11. The van der Waals surface area contributed by atoms with E-state index in [0.29, 0.717) is 17.8 Å². The van der Waals surface area contributed by atoms with Crippen molar-refractivity contribution in [2.75, 3.05) is 0 Å². The molecule has 1 atom stereocenters. The van der Waals surface area contributed by atoms with Crippen LogP contribution in [0.15, 0.2) is 158 Å². The molecule has 0 saturated heterocycles. The molecule has 0 saturated carbocycles. The predicted octanol–water partition coefficient (Wildman–Crippen LogP) is 5.08. The first kappa shape index (κ1) is 35.9. The van der Waals surface area contributed by atoms with E-state index in [1.807, 2.05) is 152 Å². The van der Waals surface area contributed by atoms with Gasteiger partial charge in [-0.25, -0.2) is 4.98 Å². The number of hydrogen-bond donors (Lipinski definition) is 1. The maximum Gasteiger partial charge on any atom is 2.00 e. The molecular formula is C38H33ClMgN2O2. The third-order valence-electron chi connectivity index (χ3n) is 6.26. The molecule has 0 fully saturated rings. The molecule has 1 N–H and O–H groups in total. The summed E-state index contributed by atoms with van der Waals surface area (Å²) in [5.41, 5.74) is 7.16. The molecule has 2 heterocycles. The zero-order valence-corrected chi connectivity index (χ0v) is 26.6. The summed E-state index contributed by atoms with van der Waals surface area (Å²) in [7, 11) is 0. The van der Waals surface area contributed by atoms with Gasteiger partial charge in [0.2, 0.25) is 0 Å². The molecule has 0 aliphatic heterocycles. The summed E-state index contributed by atoms with van der Waals surface area (Å²) in [6.45, 7) is 3.72.